The quantitative estimate of drug-likeness (QED) is 0.832. The lowest BCUT2D eigenvalue weighted by molar-refractivity contribution is 0.203. The van der Waals surface area contributed by atoms with Gasteiger partial charge in [-0.25, -0.2) is 4.79 Å². The van der Waals surface area contributed by atoms with Crippen LogP contribution in [0.1, 0.15) is 13.8 Å². The van der Waals surface area contributed by atoms with E-state index in [0.717, 1.165) is 4.90 Å². The molecule has 1 aromatic rings. The molecule has 0 radical (unpaired) electrons. The van der Waals surface area contributed by atoms with Gasteiger partial charge in [-0.15, -0.1) is 0 Å². The van der Waals surface area contributed by atoms with Crippen molar-refractivity contribution in [3.05, 3.63) is 24.3 Å². The van der Waals surface area contributed by atoms with Gasteiger partial charge in [0.2, 0.25) is 0 Å². The fourth-order valence-electron chi connectivity index (χ4n) is 1.15. The molecule has 4 nitrogen and oxygen atoms in total. The van der Waals surface area contributed by atoms with Gasteiger partial charge in [0.25, 0.3) is 0 Å². The monoisotopic (exact) mass is 209 g/mol. The van der Waals surface area contributed by atoms with Crippen LogP contribution in [-0.2, 0) is 0 Å². The molecule has 0 aliphatic rings. The van der Waals surface area contributed by atoms with Crippen molar-refractivity contribution in [3.63, 3.8) is 0 Å². The minimum absolute atomic E-state index is 0.0791. The second-order valence-corrected chi connectivity index (χ2v) is 3.51. The van der Waals surface area contributed by atoms with E-state index in [0.29, 0.717) is 11.4 Å². The number of benzene rings is 1. The number of ether oxygens (including phenoxy) is 1. The Hall–Kier alpha value is -1.71. The molecule has 0 spiro atoms. The first-order chi connectivity index (χ1) is 7.00. The summed E-state index contributed by atoms with van der Waals surface area (Å²) >= 11 is 0. The van der Waals surface area contributed by atoms with Crippen LogP contribution in [0.3, 0.4) is 0 Å². The van der Waals surface area contributed by atoms with Crippen LogP contribution < -0.4 is 9.64 Å². The predicted octanol–water partition coefficient (Wildman–Crippen LogP) is 2.59. The van der Waals surface area contributed by atoms with Crippen LogP contribution in [0.4, 0.5) is 10.5 Å². The molecule has 0 heterocycles. The Morgan fingerprint density at radius 1 is 1.47 bits per heavy atom. The van der Waals surface area contributed by atoms with Crippen molar-refractivity contribution >= 4 is 11.8 Å². The SMILES string of the molecule is CC(C)Oc1cccc(N(C)C(=O)O)c1. The first-order valence-electron chi connectivity index (χ1n) is 4.74. The van der Waals surface area contributed by atoms with E-state index in [1.54, 1.807) is 24.3 Å². The molecule has 0 bridgehead atoms. The highest BCUT2D eigenvalue weighted by Crippen LogP contribution is 2.21. The first kappa shape index (κ1) is 11.4. The standard InChI is InChI=1S/C11H15NO3/c1-8(2)15-10-6-4-5-9(7-10)12(3)11(13)14/h4-8H,1-3H3,(H,13,14). The van der Waals surface area contributed by atoms with Gasteiger partial charge in [-0.2, -0.15) is 0 Å². The van der Waals surface area contributed by atoms with Crippen LogP contribution in [0, 0.1) is 0 Å². The summed E-state index contributed by atoms with van der Waals surface area (Å²) in [5.41, 5.74) is 0.598. The van der Waals surface area contributed by atoms with E-state index in [1.165, 1.54) is 7.05 Å². The molecule has 1 N–H and O–H groups in total. The highest BCUT2D eigenvalue weighted by molar-refractivity contribution is 5.85. The normalized spacial score (nSPS) is 10.1. The predicted molar refractivity (Wildman–Crippen MR) is 58.6 cm³/mol. The van der Waals surface area contributed by atoms with Crippen LogP contribution in [0.5, 0.6) is 5.75 Å². The van der Waals surface area contributed by atoms with Gasteiger partial charge in [0.05, 0.1) is 11.8 Å². The second-order valence-electron chi connectivity index (χ2n) is 3.51. The summed E-state index contributed by atoms with van der Waals surface area (Å²) < 4.78 is 5.47. The highest BCUT2D eigenvalue weighted by Gasteiger charge is 2.09. The number of amides is 1. The minimum atomic E-state index is -0.989. The van der Waals surface area contributed by atoms with E-state index in [-0.39, 0.29) is 6.10 Å². The van der Waals surface area contributed by atoms with Crippen LogP contribution in [-0.4, -0.2) is 24.4 Å². The largest absolute Gasteiger partial charge is 0.491 e. The molecule has 0 unspecified atom stereocenters. The van der Waals surface area contributed by atoms with Gasteiger partial charge in [0, 0.05) is 13.1 Å². The Bertz CT molecular complexity index is 349. The average molecular weight is 209 g/mol. The van der Waals surface area contributed by atoms with Crippen molar-refractivity contribution in [2.24, 2.45) is 0 Å². The number of carbonyl (C=O) groups is 1. The summed E-state index contributed by atoms with van der Waals surface area (Å²) in [5.74, 6) is 0.676. The number of carboxylic acid groups (broad SMARTS) is 1. The van der Waals surface area contributed by atoms with E-state index in [4.69, 9.17) is 9.84 Å². The smallest absolute Gasteiger partial charge is 0.411 e. The van der Waals surface area contributed by atoms with Crippen molar-refractivity contribution < 1.29 is 14.6 Å². The van der Waals surface area contributed by atoms with Gasteiger partial charge < -0.3 is 9.84 Å². The number of anilines is 1. The summed E-state index contributed by atoms with van der Waals surface area (Å²) in [5, 5.41) is 8.79. The van der Waals surface area contributed by atoms with Crippen molar-refractivity contribution in [3.8, 4) is 5.75 Å². The van der Waals surface area contributed by atoms with Crippen molar-refractivity contribution in [1.29, 1.82) is 0 Å². The van der Waals surface area contributed by atoms with Crippen molar-refractivity contribution in [2.75, 3.05) is 11.9 Å². The summed E-state index contributed by atoms with van der Waals surface area (Å²) in [4.78, 5) is 11.9. The summed E-state index contributed by atoms with van der Waals surface area (Å²) in [6.45, 7) is 3.85. The Kier molecular flexibility index (Phi) is 3.55. The molecule has 82 valence electrons. The van der Waals surface area contributed by atoms with E-state index in [2.05, 4.69) is 0 Å². The van der Waals surface area contributed by atoms with Gasteiger partial charge in [-0.05, 0) is 26.0 Å². The topological polar surface area (TPSA) is 49.8 Å². The zero-order chi connectivity index (χ0) is 11.4. The lowest BCUT2D eigenvalue weighted by Crippen LogP contribution is -2.23. The molecule has 0 atom stereocenters. The lowest BCUT2D eigenvalue weighted by Gasteiger charge is -2.15. The van der Waals surface area contributed by atoms with E-state index in [1.807, 2.05) is 13.8 Å². The third kappa shape index (κ3) is 3.16. The molecule has 1 aromatic carbocycles. The lowest BCUT2D eigenvalue weighted by atomic mass is 10.3. The van der Waals surface area contributed by atoms with Gasteiger partial charge in [-0.3, -0.25) is 4.90 Å². The second kappa shape index (κ2) is 4.68. The Morgan fingerprint density at radius 3 is 2.67 bits per heavy atom. The third-order valence-corrected chi connectivity index (χ3v) is 1.86. The maximum absolute atomic E-state index is 10.7. The molecule has 0 fully saturated rings. The zero-order valence-electron chi connectivity index (χ0n) is 9.10. The van der Waals surface area contributed by atoms with Crippen LogP contribution in [0.15, 0.2) is 24.3 Å². The van der Waals surface area contributed by atoms with E-state index < -0.39 is 6.09 Å². The van der Waals surface area contributed by atoms with E-state index >= 15 is 0 Å². The first-order valence-corrected chi connectivity index (χ1v) is 4.74. The number of hydrogen-bond donors (Lipinski definition) is 1. The van der Waals surface area contributed by atoms with Gasteiger partial charge in [0.1, 0.15) is 5.75 Å². The molecule has 15 heavy (non-hydrogen) atoms. The van der Waals surface area contributed by atoms with Crippen LogP contribution in [0.25, 0.3) is 0 Å². The van der Waals surface area contributed by atoms with Crippen LogP contribution >= 0.6 is 0 Å². The van der Waals surface area contributed by atoms with Crippen molar-refractivity contribution in [2.45, 2.75) is 20.0 Å². The number of nitrogens with zero attached hydrogens (tertiary/aromatic N) is 1. The Labute approximate surface area is 89.1 Å². The van der Waals surface area contributed by atoms with Gasteiger partial charge >= 0.3 is 6.09 Å². The summed E-state index contributed by atoms with van der Waals surface area (Å²) in [6.07, 6.45) is -0.910. The Balaban J connectivity index is 2.87. The van der Waals surface area contributed by atoms with E-state index in [9.17, 15) is 4.79 Å². The third-order valence-electron chi connectivity index (χ3n) is 1.86. The summed E-state index contributed by atoms with van der Waals surface area (Å²) in [7, 11) is 1.50. The minimum Gasteiger partial charge on any atom is -0.491 e. The maximum atomic E-state index is 10.7. The van der Waals surface area contributed by atoms with Gasteiger partial charge in [-0.1, -0.05) is 6.07 Å². The molecule has 0 aliphatic heterocycles. The molecule has 1 rings (SSSR count). The molecule has 0 aromatic heterocycles. The molecule has 1 amide bonds. The molecule has 4 heteroatoms. The van der Waals surface area contributed by atoms with Gasteiger partial charge in [0.15, 0.2) is 0 Å². The molecule has 0 aliphatic carbocycles. The fourth-order valence-corrected chi connectivity index (χ4v) is 1.15. The fraction of sp³-hybridized carbons (Fsp3) is 0.364. The highest BCUT2D eigenvalue weighted by atomic mass is 16.5. The Morgan fingerprint density at radius 2 is 2.13 bits per heavy atom. The summed E-state index contributed by atoms with van der Waals surface area (Å²) in [6, 6.07) is 7.00. The molecular weight excluding hydrogens is 194 g/mol. The number of hydrogen-bond acceptors (Lipinski definition) is 2. The molecule has 0 saturated carbocycles. The van der Waals surface area contributed by atoms with Crippen LogP contribution in [0.2, 0.25) is 0 Å². The average Bonchev–Trinajstić information content (AvgIpc) is 2.16. The maximum Gasteiger partial charge on any atom is 0.411 e. The molecule has 0 saturated heterocycles. The molecular formula is C11H15NO3. The zero-order valence-corrected chi connectivity index (χ0v) is 9.10. The number of rotatable bonds is 3. The van der Waals surface area contributed by atoms with Crippen molar-refractivity contribution in [1.82, 2.24) is 0 Å².